The van der Waals surface area contributed by atoms with Gasteiger partial charge in [-0.25, -0.2) is 0 Å². The van der Waals surface area contributed by atoms with E-state index in [1.807, 2.05) is 26.0 Å². The lowest BCUT2D eigenvalue weighted by atomic mass is 9.85. The van der Waals surface area contributed by atoms with Crippen molar-refractivity contribution in [2.75, 3.05) is 13.1 Å². The quantitative estimate of drug-likeness (QED) is 0.532. The Morgan fingerprint density at radius 1 is 1.40 bits per heavy atom. The molecule has 0 bridgehead atoms. The summed E-state index contributed by atoms with van der Waals surface area (Å²) in [5.41, 5.74) is 1.80. The van der Waals surface area contributed by atoms with Crippen LogP contribution in [0.3, 0.4) is 0 Å². The van der Waals surface area contributed by atoms with Gasteiger partial charge in [0.15, 0.2) is 0 Å². The number of rotatable bonds is 7. The van der Waals surface area contributed by atoms with E-state index in [2.05, 4.69) is 41.8 Å². The Hall–Kier alpha value is -1.58. The van der Waals surface area contributed by atoms with Crippen LogP contribution in [0.2, 0.25) is 0 Å². The van der Waals surface area contributed by atoms with Crippen molar-refractivity contribution in [2.24, 2.45) is 5.41 Å². The Bertz CT molecular complexity index is 879. The van der Waals surface area contributed by atoms with Gasteiger partial charge in [0.05, 0.1) is 28.6 Å². The number of nitrogens with one attached hydrogen (secondary N) is 2. The van der Waals surface area contributed by atoms with E-state index in [0.29, 0.717) is 19.5 Å². The largest absolute Gasteiger partial charge is 0.392 e. The highest BCUT2D eigenvalue weighted by molar-refractivity contribution is 7.13. The summed E-state index contributed by atoms with van der Waals surface area (Å²) in [6, 6.07) is 5.30. The SMILES string of the molecule is CCN[C@H](C(O)N1C[C@H](O)C[C@H]1C(=O)NCc1ccc2snc(C)c2c1)C(C)(C)C. The highest BCUT2D eigenvalue weighted by atomic mass is 32.1. The van der Waals surface area contributed by atoms with E-state index in [4.69, 9.17) is 0 Å². The fourth-order valence-electron chi connectivity index (χ4n) is 4.18. The van der Waals surface area contributed by atoms with Crippen molar-refractivity contribution in [3.05, 3.63) is 29.5 Å². The second kappa shape index (κ2) is 9.28. The monoisotopic (exact) mass is 434 g/mol. The summed E-state index contributed by atoms with van der Waals surface area (Å²) >= 11 is 1.47. The number of aryl methyl sites for hydroxylation is 1. The molecule has 1 aromatic carbocycles. The Labute approximate surface area is 182 Å². The molecule has 4 atom stereocenters. The smallest absolute Gasteiger partial charge is 0.237 e. The van der Waals surface area contributed by atoms with Crippen molar-refractivity contribution in [2.45, 2.75) is 72.0 Å². The first-order valence-corrected chi connectivity index (χ1v) is 11.4. The minimum absolute atomic E-state index is 0.171. The van der Waals surface area contributed by atoms with Crippen molar-refractivity contribution in [3.63, 3.8) is 0 Å². The average molecular weight is 435 g/mol. The number of carbonyl (C=O) groups is 1. The molecule has 1 aromatic heterocycles. The lowest BCUT2D eigenvalue weighted by Crippen LogP contribution is -2.59. The minimum Gasteiger partial charge on any atom is -0.392 e. The summed E-state index contributed by atoms with van der Waals surface area (Å²) in [5, 5.41) is 28.8. The molecule has 3 rings (SSSR count). The summed E-state index contributed by atoms with van der Waals surface area (Å²) in [4.78, 5) is 14.7. The second-order valence-corrected chi connectivity index (χ2v) is 10.0. The molecule has 7 nitrogen and oxygen atoms in total. The average Bonchev–Trinajstić information content (AvgIpc) is 3.25. The molecule has 4 N–H and O–H groups in total. The Kier molecular flexibility index (Phi) is 7.14. The first-order chi connectivity index (χ1) is 14.1. The Balaban J connectivity index is 1.70. The van der Waals surface area contributed by atoms with E-state index < -0.39 is 18.4 Å². The molecule has 1 fully saturated rings. The first-order valence-electron chi connectivity index (χ1n) is 10.6. The van der Waals surface area contributed by atoms with Crippen LogP contribution in [0.5, 0.6) is 0 Å². The van der Waals surface area contributed by atoms with Crippen LogP contribution in [0.25, 0.3) is 10.1 Å². The van der Waals surface area contributed by atoms with Crippen molar-refractivity contribution in [1.29, 1.82) is 0 Å². The zero-order chi connectivity index (χ0) is 22.1. The highest BCUT2D eigenvalue weighted by Crippen LogP contribution is 2.29. The molecule has 0 radical (unpaired) electrons. The van der Waals surface area contributed by atoms with Crippen LogP contribution in [-0.4, -0.2) is 62.9 Å². The zero-order valence-corrected chi connectivity index (χ0v) is 19.3. The van der Waals surface area contributed by atoms with Crippen LogP contribution in [-0.2, 0) is 11.3 Å². The predicted octanol–water partition coefficient (Wildman–Crippen LogP) is 2.00. The van der Waals surface area contributed by atoms with Crippen molar-refractivity contribution in [3.8, 4) is 0 Å². The van der Waals surface area contributed by atoms with Crippen molar-refractivity contribution in [1.82, 2.24) is 19.9 Å². The summed E-state index contributed by atoms with van der Waals surface area (Å²) in [7, 11) is 0. The van der Waals surface area contributed by atoms with Crippen molar-refractivity contribution >= 4 is 27.5 Å². The van der Waals surface area contributed by atoms with Gasteiger partial charge >= 0.3 is 0 Å². The molecule has 166 valence electrons. The fourth-order valence-corrected chi connectivity index (χ4v) is 4.95. The highest BCUT2D eigenvalue weighted by Gasteiger charge is 2.44. The maximum absolute atomic E-state index is 13.0. The van der Waals surface area contributed by atoms with Crippen LogP contribution in [0.15, 0.2) is 18.2 Å². The van der Waals surface area contributed by atoms with Gasteiger partial charge in [-0.05, 0) is 54.5 Å². The van der Waals surface area contributed by atoms with E-state index in [9.17, 15) is 15.0 Å². The number of likely N-dealkylation sites (tertiary alicyclic amines) is 1. The van der Waals surface area contributed by atoms with E-state index in [-0.39, 0.29) is 23.9 Å². The van der Waals surface area contributed by atoms with E-state index in [1.165, 1.54) is 11.5 Å². The number of aliphatic hydroxyl groups is 2. The van der Waals surface area contributed by atoms with Gasteiger partial charge in [0.25, 0.3) is 0 Å². The third kappa shape index (κ3) is 5.00. The van der Waals surface area contributed by atoms with Gasteiger partial charge in [-0.2, -0.15) is 4.37 Å². The number of likely N-dealkylation sites (N-methyl/N-ethyl adjacent to an activating group) is 1. The first kappa shape index (κ1) is 23.1. The second-order valence-electron chi connectivity index (χ2n) is 9.23. The van der Waals surface area contributed by atoms with E-state index >= 15 is 0 Å². The van der Waals surface area contributed by atoms with Crippen LogP contribution in [0, 0.1) is 12.3 Å². The lowest BCUT2D eigenvalue weighted by molar-refractivity contribution is -0.132. The Morgan fingerprint density at radius 2 is 2.13 bits per heavy atom. The molecule has 0 aliphatic carbocycles. The molecule has 1 aliphatic rings. The zero-order valence-electron chi connectivity index (χ0n) is 18.5. The van der Waals surface area contributed by atoms with Gasteiger partial charge in [-0.3, -0.25) is 9.69 Å². The molecule has 0 spiro atoms. The summed E-state index contributed by atoms with van der Waals surface area (Å²) in [5.74, 6) is -0.171. The molecule has 1 amide bonds. The van der Waals surface area contributed by atoms with Crippen LogP contribution >= 0.6 is 11.5 Å². The predicted molar refractivity (Wildman–Crippen MR) is 120 cm³/mol. The molecular formula is C22H34N4O3S. The topological polar surface area (TPSA) is 97.7 Å². The third-order valence-corrected chi connectivity index (χ3v) is 6.71. The number of hydrogen-bond donors (Lipinski definition) is 4. The van der Waals surface area contributed by atoms with Crippen LogP contribution < -0.4 is 10.6 Å². The molecule has 1 aliphatic heterocycles. The van der Waals surface area contributed by atoms with Gasteiger partial charge in [0, 0.05) is 18.5 Å². The van der Waals surface area contributed by atoms with Gasteiger partial charge in [0.1, 0.15) is 6.23 Å². The van der Waals surface area contributed by atoms with E-state index in [1.54, 1.807) is 4.90 Å². The number of benzene rings is 1. The summed E-state index contributed by atoms with van der Waals surface area (Å²) in [6.07, 6.45) is -1.18. The van der Waals surface area contributed by atoms with Crippen LogP contribution in [0.4, 0.5) is 0 Å². The summed E-state index contributed by atoms with van der Waals surface area (Å²) < 4.78 is 5.50. The molecule has 1 saturated heterocycles. The van der Waals surface area contributed by atoms with Gasteiger partial charge in [-0.1, -0.05) is 33.8 Å². The van der Waals surface area contributed by atoms with Gasteiger partial charge in [-0.15, -0.1) is 0 Å². The maximum Gasteiger partial charge on any atom is 0.237 e. The molecular weight excluding hydrogens is 400 g/mol. The summed E-state index contributed by atoms with van der Waals surface area (Å²) in [6.45, 7) is 11.5. The van der Waals surface area contributed by atoms with Gasteiger partial charge in [0.2, 0.25) is 5.91 Å². The number of aliphatic hydroxyl groups excluding tert-OH is 2. The van der Waals surface area contributed by atoms with Crippen molar-refractivity contribution < 1.29 is 15.0 Å². The number of hydrogen-bond acceptors (Lipinski definition) is 7. The van der Waals surface area contributed by atoms with Gasteiger partial charge < -0.3 is 20.8 Å². The Morgan fingerprint density at radius 3 is 2.80 bits per heavy atom. The maximum atomic E-state index is 13.0. The number of amides is 1. The normalized spacial score (nSPS) is 22.4. The lowest BCUT2D eigenvalue weighted by Gasteiger charge is -2.40. The molecule has 0 saturated carbocycles. The fraction of sp³-hybridized carbons (Fsp3) is 0.636. The number of carbonyl (C=O) groups excluding carboxylic acids is 1. The van der Waals surface area contributed by atoms with Crippen LogP contribution in [0.1, 0.15) is 45.4 Å². The standard InChI is InChI=1S/C22H34N4O3S/c1-6-23-19(22(3,4)5)21(29)26-12-15(27)10-17(26)20(28)24-11-14-7-8-18-16(9-14)13(2)25-30-18/h7-9,15,17,19,21,23,27,29H,6,10-12H2,1-5H3,(H,24,28)/t15-,17+,19-,21?/m1/s1. The molecule has 8 heteroatoms. The molecule has 2 aromatic rings. The minimum atomic E-state index is -0.867. The molecule has 30 heavy (non-hydrogen) atoms. The number of β-amino-alcohol motifs (C(OH)–C–C–N with tert-alkyl or cyclic N) is 1. The number of fused-ring (bicyclic) bond motifs is 1. The molecule has 1 unspecified atom stereocenters. The van der Waals surface area contributed by atoms with E-state index in [0.717, 1.165) is 21.3 Å². The number of nitrogens with zero attached hydrogens (tertiary/aromatic N) is 2. The molecule has 2 heterocycles. The third-order valence-electron chi connectivity index (χ3n) is 5.80. The number of aromatic nitrogens is 1.